The lowest BCUT2D eigenvalue weighted by atomic mass is 10.2. The fraction of sp³-hybridized carbons (Fsp3) is 0.333. The summed E-state index contributed by atoms with van der Waals surface area (Å²) >= 11 is 1.37. The molecule has 1 heterocycles. The van der Waals surface area contributed by atoms with Crippen molar-refractivity contribution in [2.45, 2.75) is 43.3 Å². The number of nitrogens with one attached hydrogen (secondary N) is 2. The van der Waals surface area contributed by atoms with Gasteiger partial charge in [0.15, 0.2) is 5.82 Å². The molecule has 2 amide bonds. The maximum Gasteiger partial charge on any atom is 0.303 e. The topological polar surface area (TPSA) is 122 Å². The number of anilines is 2. The molecular weight excluding hydrogens is 370 g/mol. The second-order valence-corrected chi connectivity index (χ2v) is 7.07. The van der Waals surface area contributed by atoms with E-state index < -0.39 is 5.97 Å². The van der Waals surface area contributed by atoms with Crippen LogP contribution in [0.25, 0.3) is 0 Å². The van der Waals surface area contributed by atoms with Crippen molar-refractivity contribution in [2.24, 2.45) is 0 Å². The third-order valence-electron chi connectivity index (χ3n) is 3.50. The van der Waals surface area contributed by atoms with Gasteiger partial charge in [-0.2, -0.15) is 0 Å². The summed E-state index contributed by atoms with van der Waals surface area (Å²) in [6.07, 6.45) is 0.284. The molecule has 0 radical (unpaired) electrons. The van der Waals surface area contributed by atoms with E-state index in [-0.39, 0.29) is 29.9 Å². The smallest absolute Gasteiger partial charge is 0.303 e. The second kappa shape index (κ2) is 9.77. The summed E-state index contributed by atoms with van der Waals surface area (Å²) in [5.41, 5.74) is 0.553. The van der Waals surface area contributed by atoms with Gasteiger partial charge in [0, 0.05) is 23.1 Å². The minimum absolute atomic E-state index is 0.0934. The van der Waals surface area contributed by atoms with Gasteiger partial charge in [0.25, 0.3) is 0 Å². The number of aryl methyl sites for hydroxylation is 1. The molecule has 1 aromatic carbocycles. The second-order valence-electron chi connectivity index (χ2n) is 5.80. The van der Waals surface area contributed by atoms with Gasteiger partial charge < -0.3 is 20.3 Å². The van der Waals surface area contributed by atoms with Gasteiger partial charge in [0.05, 0.1) is 11.7 Å². The van der Waals surface area contributed by atoms with E-state index in [1.54, 1.807) is 31.2 Å². The molecule has 0 saturated heterocycles. The summed E-state index contributed by atoms with van der Waals surface area (Å²) in [4.78, 5) is 35.5. The molecule has 0 spiro atoms. The number of hydrogen-bond donors (Lipinski definition) is 3. The zero-order valence-electron chi connectivity index (χ0n) is 15.0. The highest BCUT2D eigenvalue weighted by Gasteiger charge is 2.19. The molecule has 9 heteroatoms. The van der Waals surface area contributed by atoms with Crippen molar-refractivity contribution in [1.82, 2.24) is 5.16 Å². The van der Waals surface area contributed by atoms with Crippen molar-refractivity contribution < 1.29 is 24.0 Å². The molecule has 3 N–H and O–H groups in total. The van der Waals surface area contributed by atoms with E-state index >= 15 is 0 Å². The number of thioether (sulfide) groups is 1. The third kappa shape index (κ3) is 6.78. The Morgan fingerprint density at radius 3 is 2.63 bits per heavy atom. The number of amides is 2. The summed E-state index contributed by atoms with van der Waals surface area (Å²) < 4.78 is 4.94. The van der Waals surface area contributed by atoms with Crippen molar-refractivity contribution in [1.29, 1.82) is 0 Å². The molecular formula is C18H21N3O5S. The SMILES string of the molecule is CCC(Sc1cccc(NC(=O)CCC(=O)O)c1)C(=O)Nc1cc(C)on1. The van der Waals surface area contributed by atoms with Crippen LogP contribution in [0.3, 0.4) is 0 Å². The van der Waals surface area contributed by atoms with Crippen LogP contribution in [0.2, 0.25) is 0 Å². The number of carboxylic acids is 1. The summed E-state index contributed by atoms with van der Waals surface area (Å²) in [6.45, 7) is 3.65. The minimum atomic E-state index is -1.02. The Labute approximate surface area is 160 Å². The summed E-state index contributed by atoms with van der Waals surface area (Å²) in [5, 5.41) is 17.4. The highest BCUT2D eigenvalue weighted by atomic mass is 32.2. The van der Waals surface area contributed by atoms with Crippen LogP contribution in [0.1, 0.15) is 31.9 Å². The van der Waals surface area contributed by atoms with Crippen LogP contribution in [0.15, 0.2) is 39.8 Å². The number of aliphatic carboxylic acids is 1. The van der Waals surface area contributed by atoms with Gasteiger partial charge in [0.1, 0.15) is 5.76 Å². The highest BCUT2D eigenvalue weighted by Crippen LogP contribution is 2.28. The predicted molar refractivity (Wildman–Crippen MR) is 102 cm³/mol. The van der Waals surface area contributed by atoms with Gasteiger partial charge in [-0.3, -0.25) is 14.4 Å². The van der Waals surface area contributed by atoms with E-state index in [0.717, 1.165) is 4.90 Å². The minimum Gasteiger partial charge on any atom is -0.481 e. The van der Waals surface area contributed by atoms with Gasteiger partial charge in [-0.15, -0.1) is 11.8 Å². The lowest BCUT2D eigenvalue weighted by Gasteiger charge is -2.14. The van der Waals surface area contributed by atoms with Crippen LogP contribution >= 0.6 is 11.8 Å². The fourth-order valence-electron chi connectivity index (χ4n) is 2.21. The normalized spacial score (nSPS) is 11.6. The first-order chi connectivity index (χ1) is 12.9. The Hall–Kier alpha value is -2.81. The molecule has 1 atom stereocenters. The van der Waals surface area contributed by atoms with E-state index in [0.29, 0.717) is 23.7 Å². The largest absolute Gasteiger partial charge is 0.481 e. The Morgan fingerprint density at radius 2 is 2.00 bits per heavy atom. The molecule has 144 valence electrons. The summed E-state index contributed by atoms with van der Waals surface area (Å²) in [5.74, 6) is -0.598. The highest BCUT2D eigenvalue weighted by molar-refractivity contribution is 8.00. The average Bonchev–Trinajstić information content (AvgIpc) is 3.03. The zero-order chi connectivity index (χ0) is 19.8. The fourth-order valence-corrected chi connectivity index (χ4v) is 3.22. The lowest BCUT2D eigenvalue weighted by Crippen LogP contribution is -2.24. The summed E-state index contributed by atoms with van der Waals surface area (Å²) in [6, 6.07) is 8.71. The average molecular weight is 391 g/mol. The standard InChI is InChI=1S/C18H21N3O5S/c1-3-14(18(25)20-15-9-11(2)26-21-15)27-13-6-4-5-12(10-13)19-16(22)7-8-17(23)24/h4-6,9-10,14H,3,7-8H2,1-2H3,(H,19,22)(H,23,24)(H,20,21,25). The zero-order valence-corrected chi connectivity index (χ0v) is 15.8. The van der Waals surface area contributed by atoms with Gasteiger partial charge in [-0.05, 0) is 31.5 Å². The molecule has 2 aromatic rings. The third-order valence-corrected chi connectivity index (χ3v) is 4.86. The first-order valence-corrected chi connectivity index (χ1v) is 9.28. The number of rotatable bonds is 9. The maximum absolute atomic E-state index is 12.4. The number of carboxylic acid groups (broad SMARTS) is 1. The van der Waals surface area contributed by atoms with Crippen molar-refractivity contribution in [3.05, 3.63) is 36.1 Å². The van der Waals surface area contributed by atoms with Crippen molar-refractivity contribution >= 4 is 41.1 Å². The summed E-state index contributed by atoms with van der Waals surface area (Å²) in [7, 11) is 0. The molecule has 0 aliphatic heterocycles. The predicted octanol–water partition coefficient (Wildman–Crippen LogP) is 3.30. The first-order valence-electron chi connectivity index (χ1n) is 8.40. The molecule has 8 nitrogen and oxygen atoms in total. The van der Waals surface area contributed by atoms with Crippen LogP contribution in [0.5, 0.6) is 0 Å². The van der Waals surface area contributed by atoms with Crippen molar-refractivity contribution in [3.63, 3.8) is 0 Å². The quantitative estimate of drug-likeness (QED) is 0.561. The van der Waals surface area contributed by atoms with Crippen LogP contribution in [-0.4, -0.2) is 33.3 Å². The number of hydrogen-bond acceptors (Lipinski definition) is 6. The van der Waals surface area contributed by atoms with Crippen molar-refractivity contribution in [2.75, 3.05) is 10.6 Å². The van der Waals surface area contributed by atoms with Crippen LogP contribution in [0.4, 0.5) is 11.5 Å². The van der Waals surface area contributed by atoms with E-state index in [2.05, 4.69) is 15.8 Å². The van der Waals surface area contributed by atoms with Crippen LogP contribution in [-0.2, 0) is 14.4 Å². The van der Waals surface area contributed by atoms with E-state index in [1.807, 2.05) is 13.0 Å². The molecule has 0 aliphatic carbocycles. The molecule has 27 heavy (non-hydrogen) atoms. The molecule has 0 bridgehead atoms. The Balaban J connectivity index is 1.97. The molecule has 1 unspecified atom stereocenters. The van der Waals surface area contributed by atoms with Crippen LogP contribution < -0.4 is 10.6 Å². The van der Waals surface area contributed by atoms with Gasteiger partial charge in [-0.25, -0.2) is 0 Å². The maximum atomic E-state index is 12.4. The monoisotopic (exact) mass is 391 g/mol. The number of aromatic nitrogens is 1. The van der Waals surface area contributed by atoms with Gasteiger partial charge in [-0.1, -0.05) is 18.1 Å². The number of carbonyl (C=O) groups is 3. The van der Waals surface area contributed by atoms with E-state index in [4.69, 9.17) is 9.63 Å². The van der Waals surface area contributed by atoms with Gasteiger partial charge in [0.2, 0.25) is 11.8 Å². The van der Waals surface area contributed by atoms with Crippen molar-refractivity contribution in [3.8, 4) is 0 Å². The van der Waals surface area contributed by atoms with E-state index in [1.165, 1.54) is 11.8 Å². The van der Waals surface area contributed by atoms with Crippen LogP contribution in [0, 0.1) is 6.92 Å². The van der Waals surface area contributed by atoms with E-state index in [9.17, 15) is 14.4 Å². The molecule has 0 saturated carbocycles. The Kier molecular flexibility index (Phi) is 7.42. The Bertz CT molecular complexity index is 821. The van der Waals surface area contributed by atoms with Gasteiger partial charge >= 0.3 is 5.97 Å². The Morgan fingerprint density at radius 1 is 1.22 bits per heavy atom. The number of benzene rings is 1. The molecule has 2 rings (SSSR count). The number of nitrogens with zero attached hydrogens (tertiary/aromatic N) is 1. The molecule has 0 aliphatic rings. The first kappa shape index (κ1) is 20.5. The lowest BCUT2D eigenvalue weighted by molar-refractivity contribution is -0.138. The molecule has 1 aromatic heterocycles. The number of carbonyl (C=O) groups excluding carboxylic acids is 2. The molecule has 0 fully saturated rings.